The van der Waals surface area contributed by atoms with E-state index in [1.54, 1.807) is 24.3 Å². The minimum atomic E-state index is -3.80. The van der Waals surface area contributed by atoms with Crippen LogP contribution in [-0.4, -0.2) is 8.42 Å². The Labute approximate surface area is 214 Å². The van der Waals surface area contributed by atoms with Gasteiger partial charge in [0.05, 0.1) is 26.9 Å². The molecule has 6 aromatic rings. The highest BCUT2D eigenvalue weighted by molar-refractivity contribution is 7.92. The lowest BCUT2D eigenvalue weighted by Crippen LogP contribution is -2.17. The first kappa shape index (κ1) is 21.7. The first-order chi connectivity index (χ1) is 18.1. The summed E-state index contributed by atoms with van der Waals surface area (Å²) in [5.41, 5.74) is 2.71. The Balaban J connectivity index is 1.65. The third kappa shape index (κ3) is 3.25. The zero-order chi connectivity index (χ0) is 25.0. The molecule has 6 aromatic carbocycles. The molecule has 0 amide bonds. The van der Waals surface area contributed by atoms with Crippen molar-refractivity contribution in [2.24, 2.45) is 0 Å². The molecule has 0 spiro atoms. The lowest BCUT2D eigenvalue weighted by atomic mass is 9.98. The zero-order valence-electron chi connectivity index (χ0n) is 19.7. The second kappa shape index (κ2) is 8.22. The average molecular weight is 500 g/mol. The topological polar surface area (TPSA) is 46.6 Å². The van der Waals surface area contributed by atoms with E-state index in [1.807, 2.05) is 103 Å². The number of hydrogen-bond acceptors (Lipinski definition) is 4. The number of nitrogens with zero attached hydrogens (tertiary/aromatic N) is 1. The van der Waals surface area contributed by atoms with Crippen LogP contribution in [0.5, 0.6) is 11.5 Å². The molecule has 0 radical (unpaired) electrons. The second-order valence-corrected chi connectivity index (χ2v) is 10.8. The van der Waals surface area contributed by atoms with Crippen LogP contribution in [0.15, 0.2) is 137 Å². The van der Waals surface area contributed by atoms with Gasteiger partial charge in [0.15, 0.2) is 11.5 Å². The van der Waals surface area contributed by atoms with Crippen molar-refractivity contribution in [1.82, 2.24) is 0 Å². The predicted molar refractivity (Wildman–Crippen MR) is 148 cm³/mol. The molecule has 178 valence electrons. The SMILES string of the molecule is O=S(=O)(c1ccccc1)c1c2ccccc2c(N2c3ccccc3Oc3ccccc32)c2ccccc12. The van der Waals surface area contributed by atoms with Crippen molar-refractivity contribution < 1.29 is 13.2 Å². The van der Waals surface area contributed by atoms with Crippen molar-refractivity contribution >= 4 is 48.4 Å². The van der Waals surface area contributed by atoms with Crippen LogP contribution in [0.2, 0.25) is 0 Å². The summed E-state index contributed by atoms with van der Waals surface area (Å²) >= 11 is 0. The first-order valence-electron chi connectivity index (χ1n) is 12.0. The van der Waals surface area contributed by atoms with Crippen molar-refractivity contribution in [3.05, 3.63) is 127 Å². The van der Waals surface area contributed by atoms with E-state index >= 15 is 0 Å². The molecule has 0 saturated carbocycles. The van der Waals surface area contributed by atoms with Gasteiger partial charge in [-0.2, -0.15) is 0 Å². The van der Waals surface area contributed by atoms with Crippen molar-refractivity contribution in [2.75, 3.05) is 4.90 Å². The zero-order valence-corrected chi connectivity index (χ0v) is 20.5. The lowest BCUT2D eigenvalue weighted by Gasteiger charge is -2.34. The van der Waals surface area contributed by atoms with Gasteiger partial charge in [0.1, 0.15) is 0 Å². The standard InChI is InChI=1S/C32H21NO3S/c34-37(35,22-12-2-1-3-13-22)32-25-16-6-4-14-23(25)31(24-15-5-7-17-26(24)32)33-27-18-8-10-20-29(27)36-30-21-11-9-19-28(30)33/h1-21H. The normalized spacial score (nSPS) is 12.7. The molecule has 5 heteroatoms. The molecule has 0 aliphatic carbocycles. The number of anilines is 3. The van der Waals surface area contributed by atoms with Crippen LogP contribution >= 0.6 is 0 Å². The predicted octanol–water partition coefficient (Wildman–Crippen LogP) is 8.40. The summed E-state index contributed by atoms with van der Waals surface area (Å²) in [6.07, 6.45) is 0. The summed E-state index contributed by atoms with van der Waals surface area (Å²) in [5.74, 6) is 1.49. The molecule has 0 aromatic heterocycles. The average Bonchev–Trinajstić information content (AvgIpc) is 2.95. The minimum Gasteiger partial charge on any atom is -0.453 e. The number of para-hydroxylation sites is 4. The Morgan fingerprint density at radius 3 is 1.46 bits per heavy atom. The van der Waals surface area contributed by atoms with Gasteiger partial charge in [-0.25, -0.2) is 8.42 Å². The number of benzene rings is 6. The van der Waals surface area contributed by atoms with Crippen LogP contribution in [0.4, 0.5) is 17.1 Å². The maximum atomic E-state index is 14.1. The van der Waals surface area contributed by atoms with Crippen LogP contribution in [-0.2, 0) is 9.84 Å². The van der Waals surface area contributed by atoms with E-state index in [2.05, 4.69) is 4.90 Å². The third-order valence-corrected chi connectivity index (χ3v) is 8.70. The summed E-state index contributed by atoms with van der Waals surface area (Å²) < 4.78 is 34.5. The molecule has 1 heterocycles. The van der Waals surface area contributed by atoms with Gasteiger partial charge >= 0.3 is 0 Å². The van der Waals surface area contributed by atoms with E-state index in [4.69, 9.17) is 4.74 Å². The number of hydrogen-bond donors (Lipinski definition) is 0. The Morgan fingerprint density at radius 2 is 0.919 bits per heavy atom. The molecule has 0 bridgehead atoms. The van der Waals surface area contributed by atoms with Crippen molar-refractivity contribution in [3.8, 4) is 11.5 Å². The molecule has 0 N–H and O–H groups in total. The van der Waals surface area contributed by atoms with Gasteiger partial charge in [-0.1, -0.05) is 91.0 Å². The Hall–Kier alpha value is -4.61. The van der Waals surface area contributed by atoms with Gasteiger partial charge in [-0.3, -0.25) is 0 Å². The van der Waals surface area contributed by atoms with Gasteiger partial charge in [0.25, 0.3) is 0 Å². The molecule has 1 aliphatic rings. The van der Waals surface area contributed by atoms with Crippen LogP contribution in [0.1, 0.15) is 0 Å². The van der Waals surface area contributed by atoms with Gasteiger partial charge < -0.3 is 9.64 Å². The molecular weight excluding hydrogens is 478 g/mol. The Kier molecular flexibility index (Phi) is 4.81. The number of rotatable bonds is 3. The van der Waals surface area contributed by atoms with E-state index in [0.717, 1.165) is 39.3 Å². The van der Waals surface area contributed by atoms with Crippen LogP contribution in [0.25, 0.3) is 21.5 Å². The third-order valence-electron chi connectivity index (χ3n) is 6.83. The molecule has 0 atom stereocenters. The fraction of sp³-hybridized carbons (Fsp3) is 0. The first-order valence-corrected chi connectivity index (χ1v) is 13.5. The molecule has 0 fully saturated rings. The number of fused-ring (bicyclic) bond motifs is 4. The smallest absolute Gasteiger partial charge is 0.207 e. The summed E-state index contributed by atoms with van der Waals surface area (Å²) in [5, 5.41) is 3.06. The largest absolute Gasteiger partial charge is 0.453 e. The van der Waals surface area contributed by atoms with Crippen LogP contribution < -0.4 is 9.64 Å². The molecule has 0 unspecified atom stereocenters. The highest BCUT2D eigenvalue weighted by Crippen LogP contribution is 2.54. The van der Waals surface area contributed by atoms with Crippen LogP contribution in [0, 0.1) is 0 Å². The fourth-order valence-corrected chi connectivity index (χ4v) is 6.95. The van der Waals surface area contributed by atoms with Gasteiger partial charge in [-0.15, -0.1) is 0 Å². The molecule has 37 heavy (non-hydrogen) atoms. The molecule has 0 saturated heterocycles. The quantitative estimate of drug-likeness (QED) is 0.229. The fourth-order valence-electron chi connectivity index (χ4n) is 5.26. The summed E-state index contributed by atoms with van der Waals surface area (Å²) in [6.45, 7) is 0. The highest BCUT2D eigenvalue weighted by Gasteiger charge is 2.31. The van der Waals surface area contributed by atoms with Crippen molar-refractivity contribution in [3.63, 3.8) is 0 Å². The van der Waals surface area contributed by atoms with Crippen LogP contribution in [0.3, 0.4) is 0 Å². The summed E-state index contributed by atoms with van der Waals surface area (Å²) in [4.78, 5) is 2.79. The van der Waals surface area contributed by atoms with E-state index in [1.165, 1.54) is 0 Å². The number of ether oxygens (including phenoxy) is 1. The molecule has 7 rings (SSSR count). The second-order valence-electron chi connectivity index (χ2n) is 8.96. The maximum Gasteiger partial charge on any atom is 0.207 e. The van der Waals surface area contributed by atoms with Gasteiger partial charge in [0.2, 0.25) is 9.84 Å². The van der Waals surface area contributed by atoms with Gasteiger partial charge in [0, 0.05) is 21.5 Å². The minimum absolute atomic E-state index is 0.278. The van der Waals surface area contributed by atoms with Crippen molar-refractivity contribution in [2.45, 2.75) is 9.79 Å². The molecule has 1 aliphatic heterocycles. The molecular formula is C32H21NO3S. The maximum absolute atomic E-state index is 14.1. The van der Waals surface area contributed by atoms with E-state index in [-0.39, 0.29) is 4.90 Å². The van der Waals surface area contributed by atoms with E-state index < -0.39 is 9.84 Å². The van der Waals surface area contributed by atoms with Crippen molar-refractivity contribution in [1.29, 1.82) is 0 Å². The number of sulfone groups is 1. The van der Waals surface area contributed by atoms with E-state index in [0.29, 0.717) is 15.7 Å². The van der Waals surface area contributed by atoms with E-state index in [9.17, 15) is 8.42 Å². The summed E-state index contributed by atoms with van der Waals surface area (Å²) in [7, 11) is -3.80. The lowest BCUT2D eigenvalue weighted by molar-refractivity contribution is 0.477. The highest BCUT2D eigenvalue weighted by atomic mass is 32.2. The Morgan fingerprint density at radius 1 is 0.486 bits per heavy atom. The monoisotopic (exact) mass is 499 g/mol. The molecule has 4 nitrogen and oxygen atoms in total. The Bertz CT molecular complexity index is 1830. The van der Waals surface area contributed by atoms with Gasteiger partial charge in [-0.05, 0) is 36.4 Å². The summed E-state index contributed by atoms with van der Waals surface area (Å²) in [6, 6.07) is 40.0.